The van der Waals surface area contributed by atoms with Gasteiger partial charge in [0.1, 0.15) is 12.4 Å². The summed E-state index contributed by atoms with van der Waals surface area (Å²) in [6, 6.07) is 16.4. The average Bonchev–Trinajstić information content (AvgIpc) is 3.16. The van der Waals surface area contributed by atoms with Crippen molar-refractivity contribution in [2.24, 2.45) is 5.92 Å². The number of rotatable bonds is 9. The lowest BCUT2D eigenvalue weighted by molar-refractivity contribution is -0.129. The van der Waals surface area contributed by atoms with Gasteiger partial charge >= 0.3 is 0 Å². The van der Waals surface area contributed by atoms with Gasteiger partial charge in [-0.25, -0.2) is 0 Å². The molecule has 31 heavy (non-hydrogen) atoms. The first kappa shape index (κ1) is 22.3. The van der Waals surface area contributed by atoms with E-state index in [0.717, 1.165) is 5.56 Å². The summed E-state index contributed by atoms with van der Waals surface area (Å²) in [6.45, 7) is 3.98. The quantitative estimate of drug-likeness (QED) is 0.473. The molecule has 0 saturated carbocycles. The van der Waals surface area contributed by atoms with Crippen molar-refractivity contribution in [3.05, 3.63) is 65.7 Å². The van der Waals surface area contributed by atoms with Crippen LogP contribution in [0.5, 0.6) is 5.75 Å². The Morgan fingerprint density at radius 3 is 2.55 bits per heavy atom. The molecule has 0 spiro atoms. The fourth-order valence-electron chi connectivity index (χ4n) is 3.33. The van der Waals surface area contributed by atoms with Crippen molar-refractivity contribution in [2.75, 3.05) is 26.4 Å². The van der Waals surface area contributed by atoms with Crippen LogP contribution in [-0.4, -0.2) is 49.0 Å². The van der Waals surface area contributed by atoms with Crippen LogP contribution in [0.4, 0.5) is 0 Å². The van der Waals surface area contributed by atoms with Gasteiger partial charge < -0.3 is 14.4 Å². The van der Waals surface area contributed by atoms with E-state index in [1.54, 1.807) is 29.2 Å². The lowest BCUT2D eigenvalue weighted by Gasteiger charge is -2.17. The van der Waals surface area contributed by atoms with Crippen molar-refractivity contribution in [1.29, 1.82) is 0 Å². The first-order chi connectivity index (χ1) is 15.1. The van der Waals surface area contributed by atoms with Gasteiger partial charge in [0.05, 0.1) is 18.1 Å². The second-order valence-electron chi connectivity index (χ2n) is 7.15. The minimum atomic E-state index is -0.519. The van der Waals surface area contributed by atoms with Crippen molar-refractivity contribution in [2.45, 2.75) is 19.9 Å². The summed E-state index contributed by atoms with van der Waals surface area (Å²) < 4.78 is 10.8. The molecule has 1 aliphatic heterocycles. The largest absolute Gasteiger partial charge is 0.490 e. The lowest BCUT2D eigenvalue weighted by Crippen LogP contribution is -2.45. The smallest absolute Gasteiger partial charge is 0.273 e. The maximum Gasteiger partial charge on any atom is 0.273 e. The van der Waals surface area contributed by atoms with E-state index in [1.807, 2.05) is 37.3 Å². The third-order valence-electron chi connectivity index (χ3n) is 4.92. The monoisotopic (exact) mass is 425 g/mol. The molecule has 8 heteroatoms. The molecule has 3 rings (SSSR count). The van der Waals surface area contributed by atoms with E-state index in [2.05, 4.69) is 10.9 Å². The molecule has 1 aliphatic rings. The standard InChI is InChI=1S/C23H27N3O5/c1-2-30-12-13-31-20-11-7-6-10-19(20)23(29)25-24-22(28)18-14-21(27)26(16-18)15-17-8-4-3-5-9-17/h3-11,18H,2,12-16H2,1H3,(H,24,28)(H,25,29). The van der Waals surface area contributed by atoms with Crippen molar-refractivity contribution in [3.63, 3.8) is 0 Å². The van der Waals surface area contributed by atoms with Crippen LogP contribution in [-0.2, 0) is 20.9 Å². The molecular formula is C23H27N3O5. The van der Waals surface area contributed by atoms with Crippen LogP contribution in [0.15, 0.2) is 54.6 Å². The van der Waals surface area contributed by atoms with Gasteiger partial charge in [-0.3, -0.25) is 25.2 Å². The molecular weight excluding hydrogens is 398 g/mol. The second-order valence-corrected chi connectivity index (χ2v) is 7.15. The van der Waals surface area contributed by atoms with Crippen LogP contribution < -0.4 is 15.6 Å². The Labute approximate surface area is 181 Å². The lowest BCUT2D eigenvalue weighted by atomic mass is 10.1. The molecule has 1 heterocycles. The zero-order valence-corrected chi connectivity index (χ0v) is 17.5. The van der Waals surface area contributed by atoms with Crippen LogP contribution in [0.1, 0.15) is 29.3 Å². The summed E-state index contributed by atoms with van der Waals surface area (Å²) >= 11 is 0. The number of carbonyl (C=O) groups is 3. The minimum absolute atomic E-state index is 0.0802. The molecule has 2 aromatic rings. The summed E-state index contributed by atoms with van der Waals surface area (Å²) in [5.74, 6) is -1.09. The number of hydrazine groups is 1. The van der Waals surface area contributed by atoms with Crippen LogP contribution in [0.25, 0.3) is 0 Å². The zero-order valence-electron chi connectivity index (χ0n) is 17.5. The summed E-state index contributed by atoms with van der Waals surface area (Å²) in [4.78, 5) is 39.0. The Kier molecular flexibility index (Phi) is 8.00. The van der Waals surface area contributed by atoms with E-state index in [0.29, 0.717) is 44.2 Å². The molecule has 3 amide bonds. The molecule has 0 aromatic heterocycles. The van der Waals surface area contributed by atoms with E-state index in [1.165, 1.54) is 0 Å². The normalized spacial score (nSPS) is 15.6. The van der Waals surface area contributed by atoms with Gasteiger partial charge in [0.25, 0.3) is 5.91 Å². The predicted molar refractivity (Wildman–Crippen MR) is 114 cm³/mol. The average molecular weight is 425 g/mol. The van der Waals surface area contributed by atoms with Crippen LogP contribution in [0.3, 0.4) is 0 Å². The number of benzene rings is 2. The summed E-state index contributed by atoms with van der Waals surface area (Å²) in [5.41, 5.74) is 6.16. The summed E-state index contributed by atoms with van der Waals surface area (Å²) in [7, 11) is 0. The van der Waals surface area contributed by atoms with Crippen LogP contribution >= 0.6 is 0 Å². The minimum Gasteiger partial charge on any atom is -0.490 e. The molecule has 8 nitrogen and oxygen atoms in total. The molecule has 1 saturated heterocycles. The number of amides is 3. The Bertz CT molecular complexity index is 903. The van der Waals surface area contributed by atoms with Crippen molar-refractivity contribution in [1.82, 2.24) is 15.8 Å². The SMILES string of the molecule is CCOCCOc1ccccc1C(=O)NNC(=O)C1CC(=O)N(Cc2ccccc2)C1. The highest BCUT2D eigenvalue weighted by molar-refractivity contribution is 5.98. The fourth-order valence-corrected chi connectivity index (χ4v) is 3.33. The molecule has 1 unspecified atom stereocenters. The number of para-hydroxylation sites is 1. The molecule has 0 aliphatic carbocycles. The molecule has 1 atom stereocenters. The topological polar surface area (TPSA) is 97.0 Å². The molecule has 164 valence electrons. The highest BCUT2D eigenvalue weighted by Crippen LogP contribution is 2.21. The second kappa shape index (κ2) is 11.1. The van der Waals surface area contributed by atoms with Gasteiger partial charge in [-0.1, -0.05) is 42.5 Å². The van der Waals surface area contributed by atoms with Gasteiger partial charge in [-0.05, 0) is 24.6 Å². The Balaban J connectivity index is 1.50. The predicted octanol–water partition coefficient (Wildman–Crippen LogP) is 1.91. The van der Waals surface area contributed by atoms with Gasteiger partial charge in [0, 0.05) is 26.1 Å². The number of likely N-dealkylation sites (tertiary alicyclic amines) is 1. The summed E-state index contributed by atoms with van der Waals surface area (Å²) in [6.07, 6.45) is 0.117. The number of hydrogen-bond acceptors (Lipinski definition) is 5. The van der Waals surface area contributed by atoms with Gasteiger partial charge in [0.2, 0.25) is 11.8 Å². The maximum atomic E-state index is 12.5. The Morgan fingerprint density at radius 2 is 1.77 bits per heavy atom. The number of ether oxygens (including phenoxy) is 2. The molecule has 1 fully saturated rings. The third kappa shape index (κ3) is 6.29. The molecule has 0 bridgehead atoms. The van der Waals surface area contributed by atoms with Gasteiger partial charge in [-0.2, -0.15) is 0 Å². The first-order valence-corrected chi connectivity index (χ1v) is 10.3. The van der Waals surface area contributed by atoms with Gasteiger partial charge in [-0.15, -0.1) is 0 Å². The van der Waals surface area contributed by atoms with Gasteiger partial charge in [0.15, 0.2) is 0 Å². The Morgan fingerprint density at radius 1 is 1.03 bits per heavy atom. The van der Waals surface area contributed by atoms with E-state index < -0.39 is 17.7 Å². The first-order valence-electron chi connectivity index (χ1n) is 10.3. The number of carbonyl (C=O) groups excluding carboxylic acids is 3. The number of nitrogens with zero attached hydrogens (tertiary/aromatic N) is 1. The van der Waals surface area contributed by atoms with Crippen molar-refractivity contribution in [3.8, 4) is 5.75 Å². The molecule has 0 radical (unpaired) electrons. The highest BCUT2D eigenvalue weighted by Gasteiger charge is 2.34. The van der Waals surface area contributed by atoms with E-state index >= 15 is 0 Å². The Hall–Kier alpha value is -3.39. The zero-order chi connectivity index (χ0) is 22.1. The number of hydrogen-bond donors (Lipinski definition) is 2. The van der Waals surface area contributed by atoms with Crippen molar-refractivity contribution < 1.29 is 23.9 Å². The fraction of sp³-hybridized carbons (Fsp3) is 0.348. The van der Waals surface area contributed by atoms with Crippen LogP contribution in [0, 0.1) is 5.92 Å². The maximum absolute atomic E-state index is 12.5. The van der Waals surface area contributed by atoms with E-state index in [4.69, 9.17) is 9.47 Å². The van der Waals surface area contributed by atoms with Crippen molar-refractivity contribution >= 4 is 17.7 Å². The van der Waals surface area contributed by atoms with E-state index in [9.17, 15) is 14.4 Å². The van der Waals surface area contributed by atoms with Crippen LogP contribution in [0.2, 0.25) is 0 Å². The molecule has 2 N–H and O–H groups in total. The third-order valence-corrected chi connectivity index (χ3v) is 4.92. The number of nitrogens with one attached hydrogen (secondary N) is 2. The summed E-state index contributed by atoms with van der Waals surface area (Å²) in [5, 5.41) is 0. The highest BCUT2D eigenvalue weighted by atomic mass is 16.5. The van der Waals surface area contributed by atoms with E-state index in [-0.39, 0.29) is 12.3 Å². The molecule has 2 aromatic carbocycles.